The van der Waals surface area contributed by atoms with Gasteiger partial charge in [-0.25, -0.2) is 4.98 Å². The number of rotatable bonds is 5. The highest BCUT2D eigenvalue weighted by Gasteiger charge is 2.22. The minimum absolute atomic E-state index is 0.624. The van der Waals surface area contributed by atoms with E-state index in [1.807, 2.05) is 36.0 Å². The standard InChI is InChI=1S/C12H14N4OS/c1-2-17-12-10(4-3-6-13-12)8-15-7-5-11(14-15)16-9-18-16/h3-7H,2,8-9H2,1H3. The van der Waals surface area contributed by atoms with Crippen molar-refractivity contribution in [1.29, 1.82) is 0 Å². The Balaban J connectivity index is 1.77. The van der Waals surface area contributed by atoms with E-state index in [-0.39, 0.29) is 0 Å². The fraction of sp³-hybridized carbons (Fsp3) is 0.333. The van der Waals surface area contributed by atoms with Crippen molar-refractivity contribution < 1.29 is 4.74 Å². The van der Waals surface area contributed by atoms with Crippen molar-refractivity contribution in [1.82, 2.24) is 14.8 Å². The molecule has 0 bridgehead atoms. The van der Waals surface area contributed by atoms with Gasteiger partial charge < -0.3 is 4.74 Å². The Morgan fingerprint density at radius 1 is 1.44 bits per heavy atom. The summed E-state index contributed by atoms with van der Waals surface area (Å²) < 4.78 is 9.56. The summed E-state index contributed by atoms with van der Waals surface area (Å²) in [4.78, 5) is 4.24. The Morgan fingerprint density at radius 3 is 3.11 bits per heavy atom. The van der Waals surface area contributed by atoms with Crippen LogP contribution in [0.15, 0.2) is 30.6 Å². The van der Waals surface area contributed by atoms with Gasteiger partial charge in [-0.05, 0) is 24.9 Å². The smallest absolute Gasteiger partial charge is 0.218 e. The van der Waals surface area contributed by atoms with Gasteiger partial charge in [-0.2, -0.15) is 5.10 Å². The molecule has 2 aromatic heterocycles. The second-order valence-corrected chi connectivity index (χ2v) is 4.87. The van der Waals surface area contributed by atoms with Gasteiger partial charge in [-0.15, -0.1) is 0 Å². The van der Waals surface area contributed by atoms with E-state index < -0.39 is 0 Å². The van der Waals surface area contributed by atoms with Gasteiger partial charge in [0.05, 0.1) is 19.0 Å². The van der Waals surface area contributed by atoms with E-state index in [4.69, 9.17) is 4.74 Å². The molecular weight excluding hydrogens is 248 g/mol. The summed E-state index contributed by atoms with van der Waals surface area (Å²) in [7, 11) is 0. The van der Waals surface area contributed by atoms with Crippen LogP contribution in [0.5, 0.6) is 5.88 Å². The molecule has 0 aromatic carbocycles. The summed E-state index contributed by atoms with van der Waals surface area (Å²) in [6.45, 7) is 3.27. The van der Waals surface area contributed by atoms with E-state index in [1.54, 1.807) is 18.1 Å². The predicted octanol–water partition coefficient (Wildman–Crippen LogP) is 2.15. The molecule has 0 spiro atoms. The van der Waals surface area contributed by atoms with Gasteiger partial charge in [0, 0.05) is 24.0 Å². The number of aromatic nitrogens is 3. The van der Waals surface area contributed by atoms with E-state index in [9.17, 15) is 0 Å². The van der Waals surface area contributed by atoms with Crippen molar-refractivity contribution in [3.63, 3.8) is 0 Å². The molecular formula is C12H14N4OS. The maximum atomic E-state index is 5.51. The lowest BCUT2D eigenvalue weighted by atomic mass is 10.3. The normalized spacial score (nSPS) is 13.7. The highest BCUT2D eigenvalue weighted by atomic mass is 32.2. The lowest BCUT2D eigenvalue weighted by Crippen LogP contribution is -2.05. The first kappa shape index (κ1) is 11.4. The maximum Gasteiger partial charge on any atom is 0.218 e. The molecule has 0 aliphatic carbocycles. The van der Waals surface area contributed by atoms with Crippen LogP contribution in [0.25, 0.3) is 0 Å². The van der Waals surface area contributed by atoms with Gasteiger partial charge >= 0.3 is 0 Å². The predicted molar refractivity (Wildman–Crippen MR) is 71.7 cm³/mol. The number of ether oxygens (including phenoxy) is 1. The monoisotopic (exact) mass is 262 g/mol. The van der Waals surface area contributed by atoms with Crippen LogP contribution in [0, 0.1) is 0 Å². The van der Waals surface area contributed by atoms with Crippen LogP contribution in [-0.2, 0) is 6.54 Å². The second kappa shape index (κ2) is 4.89. The third-order valence-corrected chi connectivity index (χ3v) is 3.31. The van der Waals surface area contributed by atoms with Crippen molar-refractivity contribution >= 4 is 17.8 Å². The molecule has 2 aromatic rings. The van der Waals surface area contributed by atoms with Crippen molar-refractivity contribution in [3.8, 4) is 5.88 Å². The molecule has 3 heterocycles. The summed E-state index contributed by atoms with van der Waals surface area (Å²) >= 11 is 1.77. The van der Waals surface area contributed by atoms with Gasteiger partial charge in [0.1, 0.15) is 0 Å². The molecule has 3 rings (SSSR count). The first-order valence-corrected chi connectivity index (χ1v) is 6.81. The molecule has 0 atom stereocenters. The molecule has 1 aliphatic rings. The lowest BCUT2D eigenvalue weighted by Gasteiger charge is -2.08. The van der Waals surface area contributed by atoms with E-state index in [0.717, 1.165) is 17.3 Å². The first-order valence-electron chi connectivity index (χ1n) is 5.87. The van der Waals surface area contributed by atoms with Crippen LogP contribution in [0.1, 0.15) is 12.5 Å². The number of anilines is 1. The van der Waals surface area contributed by atoms with Crippen molar-refractivity contribution in [2.24, 2.45) is 0 Å². The lowest BCUT2D eigenvalue weighted by molar-refractivity contribution is 0.321. The van der Waals surface area contributed by atoms with Crippen LogP contribution in [0.2, 0.25) is 0 Å². The van der Waals surface area contributed by atoms with E-state index in [1.165, 1.54) is 0 Å². The van der Waals surface area contributed by atoms with E-state index in [0.29, 0.717) is 19.0 Å². The van der Waals surface area contributed by atoms with Crippen molar-refractivity contribution in [3.05, 3.63) is 36.2 Å². The van der Waals surface area contributed by atoms with Crippen LogP contribution >= 0.6 is 11.9 Å². The zero-order chi connectivity index (χ0) is 12.4. The molecule has 5 nitrogen and oxygen atoms in total. The molecule has 0 N–H and O–H groups in total. The van der Waals surface area contributed by atoms with E-state index in [2.05, 4.69) is 14.4 Å². The average Bonchev–Trinajstić information content (AvgIpc) is 3.13. The third kappa shape index (κ3) is 2.43. The molecule has 0 amide bonds. The maximum absolute atomic E-state index is 5.51. The van der Waals surface area contributed by atoms with Crippen molar-refractivity contribution in [2.45, 2.75) is 13.5 Å². The Kier molecular flexibility index (Phi) is 3.10. The number of pyridine rings is 1. The third-order valence-electron chi connectivity index (χ3n) is 2.60. The van der Waals surface area contributed by atoms with Crippen LogP contribution in [0.3, 0.4) is 0 Å². The van der Waals surface area contributed by atoms with Crippen LogP contribution in [-0.4, -0.2) is 27.2 Å². The number of hydrogen-bond donors (Lipinski definition) is 0. The fourth-order valence-electron chi connectivity index (χ4n) is 1.72. The van der Waals surface area contributed by atoms with E-state index >= 15 is 0 Å². The molecule has 1 saturated heterocycles. The van der Waals surface area contributed by atoms with Gasteiger partial charge in [0.2, 0.25) is 5.88 Å². The molecule has 94 valence electrons. The SMILES string of the molecule is CCOc1ncccc1Cn1ccc(N2CS2)n1. The minimum Gasteiger partial charge on any atom is -0.478 e. The Hall–Kier alpha value is -1.69. The minimum atomic E-state index is 0.624. The molecule has 6 heteroatoms. The van der Waals surface area contributed by atoms with Crippen molar-refractivity contribution in [2.75, 3.05) is 16.8 Å². The number of hydrogen-bond acceptors (Lipinski definition) is 5. The van der Waals surface area contributed by atoms with Gasteiger partial charge in [0.15, 0.2) is 5.82 Å². The Morgan fingerprint density at radius 2 is 2.33 bits per heavy atom. The first-order chi connectivity index (χ1) is 8.86. The topological polar surface area (TPSA) is 43.0 Å². The summed E-state index contributed by atoms with van der Waals surface area (Å²) in [5.41, 5.74) is 1.05. The molecule has 0 saturated carbocycles. The van der Waals surface area contributed by atoms with Crippen LogP contribution in [0.4, 0.5) is 5.82 Å². The summed E-state index contributed by atoms with van der Waals surface area (Å²) in [5.74, 6) is 2.74. The second-order valence-electron chi connectivity index (χ2n) is 3.91. The van der Waals surface area contributed by atoms with Crippen LogP contribution < -0.4 is 9.04 Å². The number of nitrogens with zero attached hydrogens (tertiary/aromatic N) is 4. The zero-order valence-corrected chi connectivity index (χ0v) is 10.9. The fourth-order valence-corrected chi connectivity index (χ4v) is 2.14. The average molecular weight is 262 g/mol. The zero-order valence-electron chi connectivity index (χ0n) is 10.1. The quantitative estimate of drug-likeness (QED) is 0.610. The van der Waals surface area contributed by atoms with Gasteiger partial charge in [0.25, 0.3) is 0 Å². The van der Waals surface area contributed by atoms with Gasteiger partial charge in [-0.1, -0.05) is 6.07 Å². The summed E-state index contributed by atoms with van der Waals surface area (Å²) in [6.07, 6.45) is 3.73. The molecule has 18 heavy (non-hydrogen) atoms. The molecule has 1 fully saturated rings. The van der Waals surface area contributed by atoms with Gasteiger partial charge in [-0.3, -0.25) is 8.99 Å². The Labute approximate surface area is 110 Å². The molecule has 0 unspecified atom stereocenters. The highest BCUT2D eigenvalue weighted by molar-refractivity contribution is 8.07. The summed E-state index contributed by atoms with van der Waals surface area (Å²) in [6, 6.07) is 5.96. The molecule has 0 radical (unpaired) electrons. The largest absolute Gasteiger partial charge is 0.478 e. The summed E-state index contributed by atoms with van der Waals surface area (Å²) in [5, 5.41) is 4.51. The Bertz CT molecular complexity index is 538. The molecule has 1 aliphatic heterocycles. The highest BCUT2D eigenvalue weighted by Crippen LogP contribution is 2.33.